The summed E-state index contributed by atoms with van der Waals surface area (Å²) in [6, 6.07) is 9.25. The van der Waals surface area contributed by atoms with Gasteiger partial charge in [0, 0.05) is 29.1 Å². The van der Waals surface area contributed by atoms with Crippen molar-refractivity contribution in [2.45, 2.75) is 36.8 Å². The number of ether oxygens (including phenoxy) is 1. The van der Waals surface area contributed by atoms with Crippen LogP contribution >= 0.6 is 0 Å². The van der Waals surface area contributed by atoms with Crippen molar-refractivity contribution in [1.29, 1.82) is 0 Å². The molecule has 0 unspecified atom stereocenters. The number of methoxy groups -OCH3 is 1. The lowest BCUT2D eigenvalue weighted by atomic mass is 9.57. The van der Waals surface area contributed by atoms with Gasteiger partial charge >= 0.3 is 5.97 Å². The molecule has 6 atom stereocenters. The summed E-state index contributed by atoms with van der Waals surface area (Å²) in [5.41, 5.74) is 2.53. The van der Waals surface area contributed by atoms with Crippen molar-refractivity contribution in [3.05, 3.63) is 42.0 Å². The zero-order valence-corrected chi connectivity index (χ0v) is 14.8. The molecule has 3 fully saturated rings. The number of benzene rings is 1. The number of nitrogens with zero attached hydrogens (tertiary/aromatic N) is 1. The lowest BCUT2D eigenvalue weighted by molar-refractivity contribution is -0.149. The van der Waals surface area contributed by atoms with E-state index in [0.717, 1.165) is 25.9 Å². The first-order valence-corrected chi connectivity index (χ1v) is 9.49. The zero-order valence-electron chi connectivity index (χ0n) is 14.8. The Bertz CT molecular complexity index is 835. The van der Waals surface area contributed by atoms with E-state index >= 15 is 0 Å². The van der Waals surface area contributed by atoms with Gasteiger partial charge in [-0.1, -0.05) is 37.3 Å². The van der Waals surface area contributed by atoms with Crippen LogP contribution in [0.4, 0.5) is 5.69 Å². The second-order valence-corrected chi connectivity index (χ2v) is 8.67. The Balaban J connectivity index is 1.69. The number of hydrogen-bond acceptors (Lipinski definition) is 4. The van der Waals surface area contributed by atoms with Crippen LogP contribution in [0, 0.1) is 17.3 Å². The molecule has 1 aromatic carbocycles. The van der Waals surface area contributed by atoms with Crippen molar-refractivity contribution in [1.82, 2.24) is 4.90 Å². The van der Waals surface area contributed by atoms with E-state index in [-0.39, 0.29) is 28.3 Å². The summed E-state index contributed by atoms with van der Waals surface area (Å²) in [6.45, 7) is 4.53. The molecule has 3 spiro atoms. The van der Waals surface area contributed by atoms with Crippen LogP contribution < -0.4 is 5.32 Å². The normalized spacial score (nSPS) is 48.0. The van der Waals surface area contributed by atoms with Crippen molar-refractivity contribution in [3.8, 4) is 0 Å². The Morgan fingerprint density at radius 1 is 1.36 bits per heavy atom. The molecule has 4 nitrogen and oxygen atoms in total. The molecular weight excluding hydrogens is 312 g/mol. The average molecular weight is 336 g/mol. The third-order valence-corrected chi connectivity index (χ3v) is 8.47. The summed E-state index contributed by atoms with van der Waals surface area (Å²) in [5, 5.41) is 3.92. The second kappa shape index (κ2) is 4.12. The molecule has 6 rings (SSSR count). The summed E-state index contributed by atoms with van der Waals surface area (Å²) in [5.74, 6) is 0.277. The first kappa shape index (κ1) is 14.4. The van der Waals surface area contributed by atoms with Crippen molar-refractivity contribution >= 4 is 11.7 Å². The highest BCUT2D eigenvalue weighted by Gasteiger charge is 2.85. The third kappa shape index (κ3) is 1.19. The fourth-order valence-electron chi connectivity index (χ4n) is 7.93. The molecular formula is C21H24N2O2. The fraction of sp³-hybridized carbons (Fsp3) is 0.571. The van der Waals surface area contributed by atoms with Crippen molar-refractivity contribution in [2.24, 2.45) is 17.3 Å². The molecule has 1 saturated heterocycles. The Kier molecular flexibility index (Phi) is 2.37. The van der Waals surface area contributed by atoms with Gasteiger partial charge in [0.25, 0.3) is 0 Å². The van der Waals surface area contributed by atoms with Crippen LogP contribution in [0.3, 0.4) is 0 Å². The minimum absolute atomic E-state index is 0.0187. The van der Waals surface area contributed by atoms with Crippen molar-refractivity contribution < 1.29 is 9.53 Å². The minimum Gasteiger partial charge on any atom is -0.469 e. The van der Waals surface area contributed by atoms with Gasteiger partial charge in [0.1, 0.15) is 0 Å². The van der Waals surface area contributed by atoms with Crippen molar-refractivity contribution in [3.63, 3.8) is 0 Å². The molecule has 4 heteroatoms. The molecule has 130 valence electrons. The van der Waals surface area contributed by atoms with Gasteiger partial charge < -0.3 is 10.1 Å². The molecule has 3 aliphatic heterocycles. The summed E-state index contributed by atoms with van der Waals surface area (Å²) in [7, 11) is 1.54. The van der Waals surface area contributed by atoms with Crippen LogP contribution in [-0.4, -0.2) is 42.6 Å². The lowest BCUT2D eigenvalue weighted by Gasteiger charge is -2.50. The number of fused-ring (bicyclic) bond motifs is 1. The molecule has 2 saturated carbocycles. The largest absolute Gasteiger partial charge is 0.469 e. The Labute approximate surface area is 148 Å². The van der Waals surface area contributed by atoms with E-state index in [0.29, 0.717) is 12.0 Å². The smallest absolute Gasteiger partial charge is 0.311 e. The fourth-order valence-corrected chi connectivity index (χ4v) is 7.93. The second-order valence-electron chi connectivity index (χ2n) is 8.67. The standard InChI is InChI=1S/C21H24N2O2/c1-13-19-8-5-10-23-11-9-20(18(19)23)14-6-3-4-7-16(14)22-21(13,20)15(12-19)17(24)25-2/h3-8,13,15,18,22H,9-12H2,1-2H3/t13-,15+,18-,19-,20+,21+/m0/s1. The third-order valence-electron chi connectivity index (χ3n) is 8.47. The Morgan fingerprint density at radius 3 is 3.04 bits per heavy atom. The maximum Gasteiger partial charge on any atom is 0.311 e. The summed E-state index contributed by atoms with van der Waals surface area (Å²) < 4.78 is 5.30. The molecule has 5 aliphatic rings. The molecule has 2 bridgehead atoms. The van der Waals surface area contributed by atoms with Gasteiger partial charge in [-0.25, -0.2) is 0 Å². The Hall–Kier alpha value is -1.81. The molecule has 0 aromatic heterocycles. The average Bonchev–Trinajstić information content (AvgIpc) is 3.29. The monoisotopic (exact) mass is 336 g/mol. The van der Waals surface area contributed by atoms with E-state index in [1.807, 2.05) is 0 Å². The SMILES string of the molecule is COC(=O)[C@H]1C[C@@]23C=CCN4CC[C@@]5(c6ccccc6N[C@]15[C@H]2C)[C@@H]43. The minimum atomic E-state index is -0.224. The molecule has 1 aromatic rings. The molecule has 0 amide bonds. The molecule has 25 heavy (non-hydrogen) atoms. The number of nitrogens with one attached hydrogen (secondary N) is 1. The highest BCUT2D eigenvalue weighted by Crippen LogP contribution is 2.78. The summed E-state index contributed by atoms with van der Waals surface area (Å²) >= 11 is 0. The predicted molar refractivity (Wildman–Crippen MR) is 95.3 cm³/mol. The first-order valence-electron chi connectivity index (χ1n) is 9.49. The maximum absolute atomic E-state index is 12.9. The van der Waals surface area contributed by atoms with Crippen LogP contribution in [0.5, 0.6) is 0 Å². The van der Waals surface area contributed by atoms with Gasteiger partial charge in [0.05, 0.1) is 18.6 Å². The van der Waals surface area contributed by atoms with Gasteiger partial charge in [-0.3, -0.25) is 9.69 Å². The first-order chi connectivity index (χ1) is 12.1. The molecule has 1 N–H and O–H groups in total. The molecule has 2 aliphatic carbocycles. The number of carbonyl (C=O) groups is 1. The van der Waals surface area contributed by atoms with Gasteiger partial charge in [0.2, 0.25) is 0 Å². The maximum atomic E-state index is 12.9. The highest BCUT2D eigenvalue weighted by atomic mass is 16.5. The van der Waals surface area contributed by atoms with Crippen LogP contribution in [-0.2, 0) is 14.9 Å². The summed E-state index contributed by atoms with van der Waals surface area (Å²) in [4.78, 5) is 15.6. The number of hydrogen-bond donors (Lipinski definition) is 1. The quantitative estimate of drug-likeness (QED) is 0.632. The number of anilines is 1. The van der Waals surface area contributed by atoms with Gasteiger partial charge in [-0.15, -0.1) is 0 Å². The van der Waals surface area contributed by atoms with E-state index in [4.69, 9.17) is 4.74 Å². The number of carbonyl (C=O) groups excluding carboxylic acids is 1. The van der Waals surface area contributed by atoms with Gasteiger partial charge in [-0.2, -0.15) is 0 Å². The number of rotatable bonds is 1. The summed E-state index contributed by atoms with van der Waals surface area (Å²) in [6.07, 6.45) is 6.83. The van der Waals surface area contributed by atoms with E-state index < -0.39 is 0 Å². The number of esters is 1. The van der Waals surface area contributed by atoms with Crippen LogP contribution in [0.2, 0.25) is 0 Å². The highest BCUT2D eigenvalue weighted by molar-refractivity contribution is 5.82. The van der Waals surface area contributed by atoms with E-state index in [1.165, 1.54) is 18.4 Å². The predicted octanol–water partition coefficient (Wildman–Crippen LogP) is 2.56. The zero-order chi connectivity index (χ0) is 17.0. The lowest BCUT2D eigenvalue weighted by Crippen LogP contribution is -2.63. The van der Waals surface area contributed by atoms with Crippen molar-refractivity contribution in [2.75, 3.05) is 25.5 Å². The van der Waals surface area contributed by atoms with Crippen LogP contribution in [0.15, 0.2) is 36.4 Å². The van der Waals surface area contributed by atoms with Gasteiger partial charge in [-0.05, 0) is 36.9 Å². The van der Waals surface area contributed by atoms with E-state index in [1.54, 1.807) is 0 Å². The number of para-hydroxylation sites is 1. The van der Waals surface area contributed by atoms with E-state index in [9.17, 15) is 4.79 Å². The van der Waals surface area contributed by atoms with Crippen LogP contribution in [0.1, 0.15) is 25.3 Å². The van der Waals surface area contributed by atoms with E-state index in [2.05, 4.69) is 53.6 Å². The topological polar surface area (TPSA) is 41.6 Å². The molecule has 0 radical (unpaired) electrons. The Morgan fingerprint density at radius 2 is 2.20 bits per heavy atom. The van der Waals surface area contributed by atoms with Gasteiger partial charge in [0.15, 0.2) is 0 Å². The van der Waals surface area contributed by atoms with Crippen LogP contribution in [0.25, 0.3) is 0 Å². The molecule has 3 heterocycles.